The van der Waals surface area contributed by atoms with Gasteiger partial charge in [-0.2, -0.15) is 16.7 Å². The van der Waals surface area contributed by atoms with Crippen LogP contribution in [-0.4, -0.2) is 21.0 Å². The lowest BCUT2D eigenvalue weighted by Gasteiger charge is -1.97. The van der Waals surface area contributed by atoms with Gasteiger partial charge in [-0.15, -0.1) is 0 Å². The molecule has 0 bridgehead atoms. The number of phenolic OH excluding ortho intramolecular Hbond substituents is 1. The van der Waals surface area contributed by atoms with Gasteiger partial charge in [0.2, 0.25) is 0 Å². The number of nitrogens with zero attached hydrogens (tertiary/aromatic N) is 2. The van der Waals surface area contributed by atoms with E-state index in [-0.39, 0.29) is 10.8 Å². The van der Waals surface area contributed by atoms with Crippen molar-refractivity contribution in [3.8, 4) is 17.2 Å². The van der Waals surface area contributed by atoms with Gasteiger partial charge in [0.05, 0.1) is 10.8 Å². The lowest BCUT2D eigenvalue weighted by atomic mass is 10.2. The van der Waals surface area contributed by atoms with Crippen molar-refractivity contribution in [2.24, 2.45) is 0 Å². The molecule has 0 amide bonds. The number of rotatable bonds is 4. The Hall–Kier alpha value is -1.20. The average Bonchev–Trinajstić information content (AvgIpc) is 2.79. The Morgan fingerprint density at radius 2 is 2.29 bits per heavy atom. The third-order valence-corrected chi connectivity index (χ3v) is 3.27. The largest absolute Gasteiger partial charge is 0.506 e. The minimum absolute atomic E-state index is 0.0386. The molecule has 2 rings (SSSR count). The Labute approximate surface area is 108 Å². The van der Waals surface area contributed by atoms with E-state index in [2.05, 4.69) is 17.1 Å². The maximum absolute atomic E-state index is 9.31. The lowest BCUT2D eigenvalue weighted by Crippen LogP contribution is -1.84. The first-order chi connectivity index (χ1) is 8.20. The minimum Gasteiger partial charge on any atom is -0.506 e. The molecule has 17 heavy (non-hydrogen) atoms. The maximum Gasteiger partial charge on any atom is 0.258 e. The van der Waals surface area contributed by atoms with Crippen molar-refractivity contribution >= 4 is 23.4 Å². The standard InChI is InChI=1S/C11H11ClN2O2S/c1-2-17-6-10-13-11(16-14-10)7-3-4-9(15)8(12)5-7/h3-5,15H,2,6H2,1H3. The van der Waals surface area contributed by atoms with Crippen molar-refractivity contribution < 1.29 is 9.63 Å². The normalized spacial score (nSPS) is 10.7. The smallest absolute Gasteiger partial charge is 0.258 e. The van der Waals surface area contributed by atoms with Crippen LogP contribution in [0.4, 0.5) is 0 Å². The zero-order chi connectivity index (χ0) is 12.3. The second-order valence-electron chi connectivity index (χ2n) is 3.32. The molecule has 0 fully saturated rings. The van der Waals surface area contributed by atoms with Crippen LogP contribution < -0.4 is 0 Å². The summed E-state index contributed by atoms with van der Waals surface area (Å²) >= 11 is 7.53. The summed E-state index contributed by atoms with van der Waals surface area (Å²) in [6.07, 6.45) is 0. The van der Waals surface area contributed by atoms with E-state index in [0.29, 0.717) is 17.3 Å². The number of aromatic nitrogens is 2. The van der Waals surface area contributed by atoms with E-state index in [1.807, 2.05) is 0 Å². The van der Waals surface area contributed by atoms with E-state index in [1.54, 1.807) is 23.9 Å². The highest BCUT2D eigenvalue weighted by Crippen LogP contribution is 2.28. The first-order valence-corrected chi connectivity index (χ1v) is 6.63. The molecular weight excluding hydrogens is 260 g/mol. The van der Waals surface area contributed by atoms with E-state index < -0.39 is 0 Å². The lowest BCUT2D eigenvalue weighted by molar-refractivity contribution is 0.425. The molecule has 1 aromatic carbocycles. The predicted molar refractivity (Wildman–Crippen MR) is 68.2 cm³/mol. The minimum atomic E-state index is 0.0386. The molecule has 0 aliphatic carbocycles. The number of benzene rings is 1. The van der Waals surface area contributed by atoms with E-state index >= 15 is 0 Å². The van der Waals surface area contributed by atoms with Crippen LogP contribution >= 0.6 is 23.4 Å². The highest BCUT2D eigenvalue weighted by atomic mass is 35.5. The maximum atomic E-state index is 9.31. The quantitative estimate of drug-likeness (QED) is 0.923. The number of hydrogen-bond donors (Lipinski definition) is 1. The van der Waals surface area contributed by atoms with Crippen LogP contribution in [0.5, 0.6) is 5.75 Å². The second kappa shape index (κ2) is 5.42. The van der Waals surface area contributed by atoms with Gasteiger partial charge in [0.15, 0.2) is 5.82 Å². The van der Waals surface area contributed by atoms with E-state index in [4.69, 9.17) is 16.1 Å². The summed E-state index contributed by atoms with van der Waals surface area (Å²) in [6.45, 7) is 2.07. The van der Waals surface area contributed by atoms with Crippen LogP contribution in [0, 0.1) is 0 Å². The average molecular weight is 271 g/mol. The third kappa shape index (κ3) is 2.92. The number of halogens is 1. The molecule has 2 aromatic rings. The van der Waals surface area contributed by atoms with Gasteiger partial charge in [-0.1, -0.05) is 23.7 Å². The Bertz CT molecular complexity index is 516. The molecule has 1 heterocycles. The van der Waals surface area contributed by atoms with Crippen molar-refractivity contribution in [3.63, 3.8) is 0 Å². The number of phenols is 1. The van der Waals surface area contributed by atoms with Crippen LogP contribution in [0.3, 0.4) is 0 Å². The van der Waals surface area contributed by atoms with Gasteiger partial charge in [-0.3, -0.25) is 0 Å². The van der Waals surface area contributed by atoms with Crippen molar-refractivity contribution in [2.75, 3.05) is 5.75 Å². The molecule has 4 nitrogen and oxygen atoms in total. The first kappa shape index (κ1) is 12.3. The van der Waals surface area contributed by atoms with Crippen molar-refractivity contribution in [1.29, 1.82) is 0 Å². The molecule has 0 atom stereocenters. The number of aromatic hydroxyl groups is 1. The van der Waals surface area contributed by atoms with Crippen LogP contribution in [-0.2, 0) is 5.75 Å². The van der Waals surface area contributed by atoms with Gasteiger partial charge < -0.3 is 9.63 Å². The number of hydrogen-bond acceptors (Lipinski definition) is 5. The second-order valence-corrected chi connectivity index (χ2v) is 5.00. The molecule has 0 saturated carbocycles. The number of thioether (sulfide) groups is 1. The fraction of sp³-hybridized carbons (Fsp3) is 0.273. The highest BCUT2D eigenvalue weighted by molar-refractivity contribution is 7.98. The van der Waals surface area contributed by atoms with E-state index in [1.165, 1.54) is 6.07 Å². The van der Waals surface area contributed by atoms with Gasteiger partial charge in [-0.05, 0) is 24.0 Å². The Kier molecular flexibility index (Phi) is 3.91. The van der Waals surface area contributed by atoms with Crippen LogP contribution in [0.2, 0.25) is 5.02 Å². The molecule has 1 N–H and O–H groups in total. The van der Waals surface area contributed by atoms with Gasteiger partial charge in [0.25, 0.3) is 5.89 Å². The van der Waals surface area contributed by atoms with Crippen molar-refractivity contribution in [2.45, 2.75) is 12.7 Å². The fourth-order valence-corrected chi connectivity index (χ4v) is 1.95. The molecule has 0 aliphatic heterocycles. The Morgan fingerprint density at radius 3 is 3.00 bits per heavy atom. The monoisotopic (exact) mass is 270 g/mol. The first-order valence-electron chi connectivity index (χ1n) is 5.10. The molecule has 0 radical (unpaired) electrons. The van der Waals surface area contributed by atoms with Gasteiger partial charge in [0, 0.05) is 5.56 Å². The Balaban J connectivity index is 2.21. The summed E-state index contributed by atoms with van der Waals surface area (Å²) in [5.74, 6) is 2.85. The van der Waals surface area contributed by atoms with E-state index in [0.717, 1.165) is 11.5 Å². The van der Waals surface area contributed by atoms with Gasteiger partial charge in [0.1, 0.15) is 5.75 Å². The molecule has 0 unspecified atom stereocenters. The highest BCUT2D eigenvalue weighted by Gasteiger charge is 2.10. The zero-order valence-electron chi connectivity index (χ0n) is 9.18. The summed E-state index contributed by atoms with van der Waals surface area (Å²) in [5.41, 5.74) is 0.702. The van der Waals surface area contributed by atoms with Gasteiger partial charge >= 0.3 is 0 Å². The molecule has 90 valence electrons. The van der Waals surface area contributed by atoms with Crippen LogP contribution in [0.15, 0.2) is 22.7 Å². The summed E-state index contributed by atoms with van der Waals surface area (Å²) in [7, 11) is 0. The molecule has 0 aliphatic rings. The molecule has 0 spiro atoms. The fourth-order valence-electron chi connectivity index (χ4n) is 1.26. The van der Waals surface area contributed by atoms with E-state index in [9.17, 15) is 5.11 Å². The third-order valence-electron chi connectivity index (χ3n) is 2.10. The van der Waals surface area contributed by atoms with Crippen LogP contribution in [0.25, 0.3) is 11.5 Å². The van der Waals surface area contributed by atoms with Crippen LogP contribution in [0.1, 0.15) is 12.7 Å². The predicted octanol–water partition coefficient (Wildman–Crippen LogP) is 3.35. The summed E-state index contributed by atoms with van der Waals surface area (Å²) in [5, 5.41) is 13.4. The topological polar surface area (TPSA) is 59.2 Å². The summed E-state index contributed by atoms with van der Waals surface area (Å²) in [6, 6.07) is 4.79. The zero-order valence-corrected chi connectivity index (χ0v) is 10.8. The summed E-state index contributed by atoms with van der Waals surface area (Å²) < 4.78 is 5.13. The molecule has 6 heteroatoms. The van der Waals surface area contributed by atoms with Gasteiger partial charge in [-0.25, -0.2) is 0 Å². The van der Waals surface area contributed by atoms with Crippen molar-refractivity contribution in [1.82, 2.24) is 10.1 Å². The summed E-state index contributed by atoms with van der Waals surface area (Å²) in [4.78, 5) is 4.25. The molecule has 0 saturated heterocycles. The molecule has 1 aromatic heterocycles. The SMILES string of the molecule is CCSCc1noc(-c2ccc(O)c(Cl)c2)n1. The Morgan fingerprint density at radius 1 is 1.47 bits per heavy atom. The van der Waals surface area contributed by atoms with Crippen molar-refractivity contribution in [3.05, 3.63) is 29.0 Å². The molecular formula is C11H11ClN2O2S.